The van der Waals surface area contributed by atoms with E-state index in [0.29, 0.717) is 22.4 Å². The third-order valence-corrected chi connectivity index (χ3v) is 6.65. The number of thioether (sulfide) groups is 1. The van der Waals surface area contributed by atoms with E-state index in [0.717, 1.165) is 12.2 Å². The van der Waals surface area contributed by atoms with Crippen LogP contribution in [0.2, 0.25) is 5.02 Å². The molecule has 0 aliphatic carbocycles. The van der Waals surface area contributed by atoms with Gasteiger partial charge in [-0.25, -0.2) is 13.1 Å². The van der Waals surface area contributed by atoms with Crippen molar-refractivity contribution in [3.63, 3.8) is 0 Å². The minimum atomic E-state index is -3.53. The molecule has 7 heteroatoms. The Hall–Kier alpha value is -0.430. The van der Waals surface area contributed by atoms with Crippen molar-refractivity contribution in [2.45, 2.75) is 36.3 Å². The number of aryl methyl sites for hydroxylation is 1. The monoisotopic (exact) mass is 334 g/mol. The Morgan fingerprint density at radius 1 is 1.45 bits per heavy atom. The summed E-state index contributed by atoms with van der Waals surface area (Å²) < 4.78 is 27.4. The third-order valence-electron chi connectivity index (χ3n) is 3.36. The van der Waals surface area contributed by atoms with Crippen molar-refractivity contribution in [3.8, 4) is 0 Å². The molecule has 112 valence electrons. The van der Waals surface area contributed by atoms with Gasteiger partial charge >= 0.3 is 0 Å². The average molecular weight is 335 g/mol. The third kappa shape index (κ3) is 3.81. The molecule has 0 aromatic heterocycles. The highest BCUT2D eigenvalue weighted by Crippen LogP contribution is 2.27. The lowest BCUT2D eigenvalue weighted by atomic mass is 10.2. The molecule has 1 aromatic carbocycles. The molecule has 1 heterocycles. The summed E-state index contributed by atoms with van der Waals surface area (Å²) in [4.78, 5) is 0.209. The second kappa shape index (κ2) is 6.56. The Labute approximate surface area is 129 Å². The SMILES string of the molecule is Cc1cc(Cl)c(N)cc1S(=O)(=O)NCC1CCCCS1. The number of nitrogens with one attached hydrogen (secondary N) is 1. The largest absolute Gasteiger partial charge is 0.397 e. The standard InChI is InChI=1S/C13H19ClN2O2S2/c1-9-6-11(14)12(15)7-13(9)20(17,18)16-8-10-4-2-3-5-19-10/h6-7,10,16H,2-5,8,15H2,1H3. The van der Waals surface area contributed by atoms with Crippen LogP contribution in [-0.4, -0.2) is 26.0 Å². The molecule has 2 rings (SSSR count). The van der Waals surface area contributed by atoms with Crippen LogP contribution in [0.3, 0.4) is 0 Å². The molecule has 1 atom stereocenters. The van der Waals surface area contributed by atoms with E-state index in [1.807, 2.05) is 11.8 Å². The van der Waals surface area contributed by atoms with Crippen molar-refractivity contribution < 1.29 is 8.42 Å². The Balaban J connectivity index is 2.11. The fourth-order valence-corrected chi connectivity index (χ4v) is 5.11. The predicted molar refractivity (Wildman–Crippen MR) is 85.9 cm³/mol. The van der Waals surface area contributed by atoms with E-state index in [1.54, 1.807) is 13.0 Å². The maximum atomic E-state index is 12.3. The summed E-state index contributed by atoms with van der Waals surface area (Å²) in [5.74, 6) is 1.11. The molecule has 1 fully saturated rings. The Morgan fingerprint density at radius 3 is 2.85 bits per heavy atom. The molecule has 1 saturated heterocycles. The van der Waals surface area contributed by atoms with Gasteiger partial charge < -0.3 is 5.73 Å². The molecule has 0 amide bonds. The van der Waals surface area contributed by atoms with Crippen LogP contribution in [0.5, 0.6) is 0 Å². The highest BCUT2D eigenvalue weighted by atomic mass is 35.5. The number of anilines is 1. The first-order valence-corrected chi connectivity index (χ1v) is 9.48. The predicted octanol–water partition coefficient (Wildman–Crippen LogP) is 2.79. The summed E-state index contributed by atoms with van der Waals surface area (Å²) in [5, 5.41) is 0.743. The van der Waals surface area contributed by atoms with E-state index >= 15 is 0 Å². The average Bonchev–Trinajstić information content (AvgIpc) is 2.42. The zero-order chi connectivity index (χ0) is 14.8. The lowest BCUT2D eigenvalue weighted by molar-refractivity contribution is 0.573. The molecule has 20 heavy (non-hydrogen) atoms. The summed E-state index contributed by atoms with van der Waals surface area (Å²) >= 11 is 7.73. The van der Waals surface area contributed by atoms with Gasteiger partial charge in [-0.15, -0.1) is 0 Å². The van der Waals surface area contributed by atoms with E-state index in [1.165, 1.54) is 18.9 Å². The molecule has 1 aromatic rings. The van der Waals surface area contributed by atoms with Gasteiger partial charge in [-0.1, -0.05) is 18.0 Å². The first kappa shape index (κ1) is 15.9. The Bertz CT molecular complexity index is 584. The highest BCUT2D eigenvalue weighted by molar-refractivity contribution is 8.00. The fourth-order valence-electron chi connectivity index (χ4n) is 2.21. The molecule has 1 unspecified atom stereocenters. The van der Waals surface area contributed by atoms with Crippen LogP contribution in [0, 0.1) is 6.92 Å². The Kier molecular flexibility index (Phi) is 5.23. The van der Waals surface area contributed by atoms with Crippen LogP contribution in [0.15, 0.2) is 17.0 Å². The summed E-state index contributed by atoms with van der Waals surface area (Å²) in [5.41, 5.74) is 6.58. The summed E-state index contributed by atoms with van der Waals surface area (Å²) in [6.45, 7) is 2.18. The van der Waals surface area contributed by atoms with Crippen LogP contribution < -0.4 is 10.5 Å². The minimum absolute atomic E-state index is 0.209. The van der Waals surface area contributed by atoms with Crippen LogP contribution >= 0.6 is 23.4 Å². The van der Waals surface area contributed by atoms with Crippen molar-refractivity contribution in [1.29, 1.82) is 0 Å². The van der Waals surface area contributed by atoms with Crippen molar-refractivity contribution in [3.05, 3.63) is 22.7 Å². The Morgan fingerprint density at radius 2 is 2.20 bits per heavy atom. The minimum Gasteiger partial charge on any atom is -0.397 e. The number of hydrogen-bond acceptors (Lipinski definition) is 4. The zero-order valence-electron chi connectivity index (χ0n) is 11.4. The van der Waals surface area contributed by atoms with Crippen molar-refractivity contribution in [2.24, 2.45) is 0 Å². The molecular weight excluding hydrogens is 316 g/mol. The molecule has 0 radical (unpaired) electrons. The van der Waals surface area contributed by atoms with Crippen molar-refractivity contribution in [2.75, 3.05) is 18.0 Å². The number of hydrogen-bond donors (Lipinski definition) is 2. The van der Waals surface area contributed by atoms with Gasteiger partial charge in [0.05, 0.1) is 15.6 Å². The molecule has 4 nitrogen and oxygen atoms in total. The van der Waals surface area contributed by atoms with Crippen LogP contribution in [0.1, 0.15) is 24.8 Å². The van der Waals surface area contributed by atoms with Gasteiger partial charge in [-0.05, 0) is 43.2 Å². The van der Waals surface area contributed by atoms with Gasteiger partial charge in [0.2, 0.25) is 10.0 Å². The van der Waals surface area contributed by atoms with E-state index in [-0.39, 0.29) is 10.6 Å². The molecule has 0 saturated carbocycles. The lowest BCUT2D eigenvalue weighted by Crippen LogP contribution is -2.32. The summed E-state index contributed by atoms with van der Waals surface area (Å²) in [6.07, 6.45) is 3.46. The van der Waals surface area contributed by atoms with E-state index in [2.05, 4.69) is 4.72 Å². The van der Waals surface area contributed by atoms with Crippen LogP contribution in [0.4, 0.5) is 5.69 Å². The number of nitrogens with two attached hydrogens (primary N) is 1. The number of nitrogen functional groups attached to an aromatic ring is 1. The second-order valence-corrected chi connectivity index (χ2v) is 8.53. The quantitative estimate of drug-likeness (QED) is 0.830. The van der Waals surface area contributed by atoms with Gasteiger partial charge in [0.25, 0.3) is 0 Å². The summed E-state index contributed by atoms with van der Waals surface area (Å²) in [7, 11) is -3.53. The lowest BCUT2D eigenvalue weighted by Gasteiger charge is -2.21. The van der Waals surface area contributed by atoms with Gasteiger partial charge in [-0.3, -0.25) is 0 Å². The number of benzene rings is 1. The molecule has 0 spiro atoms. The van der Waals surface area contributed by atoms with E-state index in [9.17, 15) is 8.42 Å². The smallest absolute Gasteiger partial charge is 0.240 e. The molecular formula is C13H19ClN2O2S2. The van der Waals surface area contributed by atoms with Gasteiger partial charge in [0.15, 0.2) is 0 Å². The molecule has 1 aliphatic rings. The highest BCUT2D eigenvalue weighted by Gasteiger charge is 2.21. The van der Waals surface area contributed by atoms with Crippen molar-refractivity contribution in [1.82, 2.24) is 4.72 Å². The first-order valence-electron chi connectivity index (χ1n) is 6.57. The molecule has 1 aliphatic heterocycles. The van der Waals surface area contributed by atoms with Crippen LogP contribution in [-0.2, 0) is 10.0 Å². The van der Waals surface area contributed by atoms with Gasteiger partial charge in [0.1, 0.15) is 0 Å². The first-order chi connectivity index (χ1) is 9.40. The number of rotatable bonds is 4. The topological polar surface area (TPSA) is 72.2 Å². The molecule has 0 bridgehead atoms. The number of sulfonamides is 1. The number of halogens is 1. The normalized spacial score (nSPS) is 20.0. The van der Waals surface area contributed by atoms with Crippen molar-refractivity contribution >= 4 is 39.1 Å². The maximum Gasteiger partial charge on any atom is 0.240 e. The van der Waals surface area contributed by atoms with Gasteiger partial charge in [-0.2, -0.15) is 11.8 Å². The van der Waals surface area contributed by atoms with E-state index < -0.39 is 10.0 Å². The maximum absolute atomic E-state index is 12.3. The van der Waals surface area contributed by atoms with E-state index in [4.69, 9.17) is 17.3 Å². The second-order valence-electron chi connectivity index (χ2n) is 4.98. The van der Waals surface area contributed by atoms with Gasteiger partial charge in [0, 0.05) is 11.8 Å². The van der Waals surface area contributed by atoms with Crippen LogP contribution in [0.25, 0.3) is 0 Å². The zero-order valence-corrected chi connectivity index (χ0v) is 13.7. The fraction of sp³-hybridized carbons (Fsp3) is 0.538. The molecule has 3 N–H and O–H groups in total. The summed E-state index contributed by atoms with van der Waals surface area (Å²) in [6, 6.07) is 3.01.